The molecule has 7 N–H and O–H groups in total. The molecule has 0 radical (unpaired) electrons. The van der Waals surface area contributed by atoms with E-state index in [1.165, 1.54) is 11.8 Å². The van der Waals surface area contributed by atoms with Gasteiger partial charge in [-0.3, -0.25) is 14.4 Å². The summed E-state index contributed by atoms with van der Waals surface area (Å²) in [5, 5.41) is 14.4. The van der Waals surface area contributed by atoms with Gasteiger partial charge in [0.15, 0.2) is 0 Å². The van der Waals surface area contributed by atoms with Gasteiger partial charge in [0.05, 0.1) is 6.04 Å². The number of thioether (sulfide) groups is 1. The number of aliphatic carboxylic acids is 1. The minimum Gasteiger partial charge on any atom is -0.480 e. The topological polar surface area (TPSA) is 165 Å². The molecule has 9 nitrogen and oxygen atoms in total. The monoisotopic (exact) mass is 424 g/mol. The van der Waals surface area contributed by atoms with Crippen molar-refractivity contribution in [3.8, 4) is 0 Å². The van der Waals surface area contributed by atoms with Gasteiger partial charge in [0.25, 0.3) is 0 Å². The molecule has 1 aromatic carbocycles. The molecule has 3 unspecified atom stereocenters. The molecule has 0 aliphatic rings. The molecule has 1 aromatic rings. The van der Waals surface area contributed by atoms with Gasteiger partial charge in [0, 0.05) is 12.8 Å². The number of hydrogen-bond acceptors (Lipinski definition) is 6. The summed E-state index contributed by atoms with van der Waals surface area (Å²) in [5.74, 6) is -2.39. The molecule has 0 saturated heterocycles. The van der Waals surface area contributed by atoms with E-state index in [1.807, 2.05) is 12.3 Å². The van der Waals surface area contributed by atoms with Crippen LogP contribution in [-0.4, -0.2) is 58.9 Å². The molecular formula is C19H28N4O5S. The number of hydrogen-bond donors (Lipinski definition) is 5. The molecule has 29 heavy (non-hydrogen) atoms. The predicted molar refractivity (Wildman–Crippen MR) is 111 cm³/mol. The van der Waals surface area contributed by atoms with Crippen LogP contribution >= 0.6 is 11.8 Å². The number of carbonyl (C=O) groups excluding carboxylic acids is 3. The van der Waals surface area contributed by atoms with Crippen LogP contribution in [0, 0.1) is 0 Å². The molecular weight excluding hydrogens is 396 g/mol. The van der Waals surface area contributed by atoms with Crippen LogP contribution in [-0.2, 0) is 25.6 Å². The van der Waals surface area contributed by atoms with Crippen molar-refractivity contribution in [1.29, 1.82) is 0 Å². The summed E-state index contributed by atoms with van der Waals surface area (Å²) >= 11 is 1.47. The second kappa shape index (κ2) is 12.8. The van der Waals surface area contributed by atoms with Crippen LogP contribution in [0.15, 0.2) is 30.3 Å². The van der Waals surface area contributed by atoms with Crippen molar-refractivity contribution in [3.05, 3.63) is 35.9 Å². The van der Waals surface area contributed by atoms with Crippen molar-refractivity contribution in [2.75, 3.05) is 12.0 Å². The first-order valence-electron chi connectivity index (χ1n) is 9.14. The fourth-order valence-corrected chi connectivity index (χ4v) is 3.00. The van der Waals surface area contributed by atoms with Crippen molar-refractivity contribution in [3.63, 3.8) is 0 Å². The van der Waals surface area contributed by atoms with Crippen LogP contribution in [0.2, 0.25) is 0 Å². The van der Waals surface area contributed by atoms with Crippen LogP contribution in [0.4, 0.5) is 0 Å². The fourth-order valence-electron chi connectivity index (χ4n) is 2.53. The maximum Gasteiger partial charge on any atom is 0.326 e. The van der Waals surface area contributed by atoms with E-state index in [0.717, 1.165) is 5.56 Å². The van der Waals surface area contributed by atoms with Gasteiger partial charge in [-0.15, -0.1) is 0 Å². The number of carbonyl (C=O) groups is 4. The molecule has 0 aliphatic carbocycles. The molecule has 0 fully saturated rings. The molecule has 0 aliphatic heterocycles. The zero-order valence-corrected chi connectivity index (χ0v) is 17.1. The molecule has 0 aromatic heterocycles. The summed E-state index contributed by atoms with van der Waals surface area (Å²) in [6.45, 7) is 0. The van der Waals surface area contributed by atoms with Gasteiger partial charge in [-0.2, -0.15) is 11.8 Å². The van der Waals surface area contributed by atoms with E-state index in [2.05, 4.69) is 10.6 Å². The van der Waals surface area contributed by atoms with Crippen molar-refractivity contribution in [1.82, 2.24) is 10.6 Å². The Labute approximate surface area is 174 Å². The quantitative estimate of drug-likeness (QED) is 0.288. The Hall–Kier alpha value is -2.59. The van der Waals surface area contributed by atoms with E-state index >= 15 is 0 Å². The highest BCUT2D eigenvalue weighted by atomic mass is 32.2. The molecule has 0 spiro atoms. The molecule has 0 saturated carbocycles. The van der Waals surface area contributed by atoms with Gasteiger partial charge in [-0.1, -0.05) is 30.3 Å². The van der Waals surface area contributed by atoms with Crippen LogP contribution in [0.5, 0.6) is 0 Å². The number of rotatable bonds is 13. The van der Waals surface area contributed by atoms with Crippen LogP contribution < -0.4 is 22.1 Å². The van der Waals surface area contributed by atoms with E-state index in [9.17, 15) is 24.3 Å². The van der Waals surface area contributed by atoms with Crippen molar-refractivity contribution >= 4 is 35.5 Å². The van der Waals surface area contributed by atoms with E-state index < -0.39 is 41.8 Å². The standard InChI is InChI=1S/C19H28N4O5S/c1-29-10-9-14(19(27)28)22-18(26)15(11-12-5-3-2-4-6-12)23-17(25)13(20)7-8-16(21)24/h2-6,13-15H,7-11,20H2,1H3,(H2,21,24)(H,22,26)(H,23,25)(H,27,28). The van der Waals surface area contributed by atoms with Crippen LogP contribution in [0.3, 0.4) is 0 Å². The molecule has 3 amide bonds. The lowest BCUT2D eigenvalue weighted by atomic mass is 10.0. The SMILES string of the molecule is CSCCC(NC(=O)C(Cc1ccccc1)NC(=O)C(N)CCC(N)=O)C(=O)O. The molecule has 0 bridgehead atoms. The second-order valence-corrected chi connectivity index (χ2v) is 7.53. The molecule has 160 valence electrons. The van der Waals surface area contributed by atoms with E-state index in [0.29, 0.717) is 5.75 Å². The summed E-state index contributed by atoms with van der Waals surface area (Å²) in [6.07, 6.45) is 2.25. The fraction of sp³-hybridized carbons (Fsp3) is 0.474. The zero-order valence-electron chi connectivity index (χ0n) is 16.3. The number of nitrogens with two attached hydrogens (primary N) is 2. The summed E-state index contributed by atoms with van der Waals surface area (Å²) in [4.78, 5) is 47.4. The Bertz CT molecular complexity index is 701. The van der Waals surface area contributed by atoms with Crippen molar-refractivity contribution < 1.29 is 24.3 Å². The highest BCUT2D eigenvalue weighted by Crippen LogP contribution is 2.07. The first kappa shape index (κ1) is 24.4. The smallest absolute Gasteiger partial charge is 0.326 e. The maximum atomic E-state index is 12.7. The maximum absolute atomic E-state index is 12.7. The minimum atomic E-state index is -1.14. The summed E-state index contributed by atoms with van der Waals surface area (Å²) in [6, 6.07) is 5.91. The van der Waals surface area contributed by atoms with E-state index in [1.54, 1.807) is 24.3 Å². The molecule has 3 atom stereocenters. The number of carboxylic acids is 1. The van der Waals surface area contributed by atoms with Gasteiger partial charge in [0.1, 0.15) is 12.1 Å². The first-order valence-corrected chi connectivity index (χ1v) is 10.5. The Morgan fingerprint density at radius 3 is 2.21 bits per heavy atom. The first-order chi connectivity index (χ1) is 13.7. The van der Waals surface area contributed by atoms with Gasteiger partial charge in [-0.25, -0.2) is 4.79 Å². The lowest BCUT2D eigenvalue weighted by Crippen LogP contribution is -2.55. The Kier molecular flexibility index (Phi) is 10.8. The predicted octanol–water partition coefficient (Wildman–Crippen LogP) is -0.371. The van der Waals surface area contributed by atoms with E-state index in [4.69, 9.17) is 11.5 Å². The van der Waals surface area contributed by atoms with Gasteiger partial charge < -0.3 is 27.2 Å². The van der Waals surface area contributed by atoms with E-state index in [-0.39, 0.29) is 25.7 Å². The highest BCUT2D eigenvalue weighted by molar-refractivity contribution is 7.98. The Morgan fingerprint density at radius 1 is 1.03 bits per heavy atom. The third-order valence-corrected chi connectivity index (χ3v) is 4.82. The lowest BCUT2D eigenvalue weighted by molar-refractivity contribution is -0.142. The zero-order chi connectivity index (χ0) is 21.8. The molecule has 0 heterocycles. The van der Waals surface area contributed by atoms with Crippen molar-refractivity contribution in [2.45, 2.75) is 43.8 Å². The van der Waals surface area contributed by atoms with Crippen molar-refractivity contribution in [2.24, 2.45) is 11.5 Å². The average Bonchev–Trinajstić information content (AvgIpc) is 2.68. The Morgan fingerprint density at radius 2 is 1.66 bits per heavy atom. The summed E-state index contributed by atoms with van der Waals surface area (Å²) in [5.41, 5.74) is 11.6. The summed E-state index contributed by atoms with van der Waals surface area (Å²) in [7, 11) is 0. The minimum absolute atomic E-state index is 0.0479. The van der Waals surface area contributed by atoms with Crippen LogP contribution in [0.1, 0.15) is 24.8 Å². The van der Waals surface area contributed by atoms with Gasteiger partial charge >= 0.3 is 5.97 Å². The number of benzene rings is 1. The van der Waals surface area contributed by atoms with Crippen LogP contribution in [0.25, 0.3) is 0 Å². The Balaban J connectivity index is 2.88. The molecule has 10 heteroatoms. The normalized spacial score (nSPS) is 13.7. The largest absolute Gasteiger partial charge is 0.480 e. The second-order valence-electron chi connectivity index (χ2n) is 6.54. The van der Waals surface area contributed by atoms with Gasteiger partial charge in [0.2, 0.25) is 17.7 Å². The number of amides is 3. The number of carboxylic acid groups (broad SMARTS) is 1. The lowest BCUT2D eigenvalue weighted by Gasteiger charge is -2.23. The third-order valence-electron chi connectivity index (χ3n) is 4.18. The molecule has 1 rings (SSSR count). The van der Waals surface area contributed by atoms with Gasteiger partial charge in [-0.05, 0) is 30.4 Å². The average molecular weight is 425 g/mol. The third kappa shape index (κ3) is 9.44. The number of primary amides is 1. The highest BCUT2D eigenvalue weighted by Gasteiger charge is 2.28. The number of nitrogens with one attached hydrogen (secondary N) is 2. The summed E-state index contributed by atoms with van der Waals surface area (Å²) < 4.78 is 0.